The van der Waals surface area contributed by atoms with Gasteiger partial charge in [0, 0.05) is 22.9 Å². The minimum atomic E-state index is -0.140. The summed E-state index contributed by atoms with van der Waals surface area (Å²) in [4.78, 5) is 0.712. The molecule has 0 spiro atoms. The molecule has 0 bridgehead atoms. The van der Waals surface area contributed by atoms with E-state index < -0.39 is 0 Å². The molecule has 2 rings (SSSR count). The quantitative estimate of drug-likeness (QED) is 0.635. The molecule has 0 unspecified atom stereocenters. The highest BCUT2D eigenvalue weighted by atomic mass is 32.2. The van der Waals surface area contributed by atoms with Crippen molar-refractivity contribution in [1.82, 2.24) is 0 Å². The maximum absolute atomic E-state index is 13.4. The van der Waals surface area contributed by atoms with Gasteiger partial charge in [0.15, 0.2) is 0 Å². The van der Waals surface area contributed by atoms with Crippen molar-refractivity contribution in [2.24, 2.45) is 0 Å². The van der Waals surface area contributed by atoms with Crippen molar-refractivity contribution in [3.05, 3.63) is 59.9 Å². The van der Waals surface area contributed by atoms with Gasteiger partial charge < -0.3 is 5.32 Å². The molecule has 2 aromatic carbocycles. The molecule has 94 valence electrons. The van der Waals surface area contributed by atoms with Crippen LogP contribution in [0, 0.1) is 12.7 Å². The molecule has 0 aromatic heterocycles. The van der Waals surface area contributed by atoms with Crippen molar-refractivity contribution < 1.29 is 4.39 Å². The van der Waals surface area contributed by atoms with E-state index in [2.05, 4.69) is 24.4 Å². The van der Waals surface area contributed by atoms with Crippen molar-refractivity contribution in [3.63, 3.8) is 0 Å². The maximum atomic E-state index is 13.4. The van der Waals surface area contributed by atoms with E-state index in [1.807, 2.05) is 24.3 Å². The molecule has 1 N–H and O–H groups in total. The molecular weight excluding hydrogens is 245 g/mol. The highest BCUT2D eigenvalue weighted by Gasteiger charge is 2.01. The van der Waals surface area contributed by atoms with Gasteiger partial charge in [0.25, 0.3) is 0 Å². The molecule has 0 saturated heterocycles. The molecule has 0 atom stereocenters. The van der Waals surface area contributed by atoms with E-state index in [4.69, 9.17) is 0 Å². The number of thioether (sulfide) groups is 1. The summed E-state index contributed by atoms with van der Waals surface area (Å²) in [5, 5.41) is 3.36. The Morgan fingerprint density at radius 1 is 1.06 bits per heavy atom. The van der Waals surface area contributed by atoms with Crippen LogP contribution in [0.2, 0.25) is 0 Å². The highest BCUT2D eigenvalue weighted by molar-refractivity contribution is 7.99. The fraction of sp³-hybridized carbons (Fsp3) is 0.200. The maximum Gasteiger partial charge on any atom is 0.136 e. The van der Waals surface area contributed by atoms with Crippen molar-refractivity contribution in [2.45, 2.75) is 11.8 Å². The first-order chi connectivity index (χ1) is 8.77. The van der Waals surface area contributed by atoms with Gasteiger partial charge in [0.1, 0.15) is 5.82 Å². The Bertz CT molecular complexity index is 466. The van der Waals surface area contributed by atoms with Gasteiger partial charge in [-0.2, -0.15) is 0 Å². The zero-order valence-electron chi connectivity index (χ0n) is 10.3. The first kappa shape index (κ1) is 13.0. The van der Waals surface area contributed by atoms with Crippen LogP contribution in [-0.2, 0) is 0 Å². The normalized spacial score (nSPS) is 10.3. The number of anilines is 1. The molecule has 18 heavy (non-hydrogen) atoms. The van der Waals surface area contributed by atoms with Crippen molar-refractivity contribution in [3.8, 4) is 0 Å². The lowest BCUT2D eigenvalue weighted by Crippen LogP contribution is -2.05. The molecule has 0 amide bonds. The molecule has 0 aliphatic heterocycles. The summed E-state index contributed by atoms with van der Waals surface area (Å²) in [6.45, 7) is 2.90. The average molecular weight is 261 g/mol. The van der Waals surface area contributed by atoms with Gasteiger partial charge in [-0.05, 0) is 30.7 Å². The van der Waals surface area contributed by atoms with Gasteiger partial charge in [-0.25, -0.2) is 4.39 Å². The topological polar surface area (TPSA) is 12.0 Å². The van der Waals surface area contributed by atoms with E-state index >= 15 is 0 Å². The van der Waals surface area contributed by atoms with Crippen LogP contribution in [0.25, 0.3) is 0 Å². The van der Waals surface area contributed by atoms with Crippen molar-refractivity contribution >= 4 is 17.4 Å². The van der Waals surface area contributed by atoms with E-state index in [0.717, 1.165) is 18.0 Å². The number of hydrogen-bond acceptors (Lipinski definition) is 2. The Kier molecular flexibility index (Phi) is 4.65. The Morgan fingerprint density at radius 3 is 2.56 bits per heavy atom. The van der Waals surface area contributed by atoms with Crippen LogP contribution < -0.4 is 5.32 Å². The SMILES string of the molecule is Cc1ccccc1NCCSc1ccccc1F. The number of benzene rings is 2. The van der Waals surface area contributed by atoms with Gasteiger partial charge >= 0.3 is 0 Å². The largest absolute Gasteiger partial charge is 0.384 e. The third-order valence-corrected chi connectivity index (χ3v) is 3.71. The fourth-order valence-corrected chi connectivity index (χ4v) is 2.48. The zero-order valence-corrected chi connectivity index (χ0v) is 11.1. The fourth-order valence-electron chi connectivity index (χ4n) is 1.68. The summed E-state index contributed by atoms with van der Waals surface area (Å²) in [5.41, 5.74) is 2.38. The molecule has 0 heterocycles. The molecule has 0 aliphatic carbocycles. The van der Waals surface area contributed by atoms with Crippen LogP contribution in [0.15, 0.2) is 53.4 Å². The standard InChI is InChI=1S/C15H16FNS/c1-12-6-2-4-8-14(12)17-10-11-18-15-9-5-3-7-13(15)16/h2-9,17H,10-11H2,1H3. The summed E-state index contributed by atoms with van der Waals surface area (Å²) in [7, 11) is 0. The van der Waals surface area contributed by atoms with E-state index in [0.29, 0.717) is 4.90 Å². The summed E-state index contributed by atoms with van der Waals surface area (Å²) in [6.07, 6.45) is 0. The number of halogens is 1. The van der Waals surface area contributed by atoms with Gasteiger partial charge in [0.05, 0.1) is 0 Å². The molecule has 1 nitrogen and oxygen atoms in total. The predicted molar refractivity (Wildman–Crippen MR) is 76.8 cm³/mol. The number of hydrogen-bond donors (Lipinski definition) is 1. The third kappa shape index (κ3) is 3.50. The Morgan fingerprint density at radius 2 is 1.78 bits per heavy atom. The molecule has 0 radical (unpaired) electrons. The minimum absolute atomic E-state index is 0.140. The molecule has 0 fully saturated rings. The van der Waals surface area contributed by atoms with E-state index in [1.54, 1.807) is 6.07 Å². The lowest BCUT2D eigenvalue weighted by Gasteiger charge is -2.09. The highest BCUT2D eigenvalue weighted by Crippen LogP contribution is 2.21. The molecule has 0 aliphatic rings. The second-order valence-electron chi connectivity index (χ2n) is 4.02. The second-order valence-corrected chi connectivity index (χ2v) is 5.16. The van der Waals surface area contributed by atoms with Crippen LogP contribution in [0.5, 0.6) is 0 Å². The summed E-state index contributed by atoms with van der Waals surface area (Å²) < 4.78 is 13.4. The van der Waals surface area contributed by atoms with E-state index in [1.165, 1.54) is 23.4 Å². The first-order valence-electron chi connectivity index (χ1n) is 5.94. The average Bonchev–Trinajstić information content (AvgIpc) is 2.38. The van der Waals surface area contributed by atoms with Crippen LogP contribution in [0.3, 0.4) is 0 Å². The van der Waals surface area contributed by atoms with E-state index in [-0.39, 0.29) is 5.82 Å². The number of para-hydroxylation sites is 1. The molecular formula is C15H16FNS. The zero-order chi connectivity index (χ0) is 12.8. The Balaban J connectivity index is 1.80. The number of aryl methyl sites for hydroxylation is 1. The van der Waals surface area contributed by atoms with Crippen molar-refractivity contribution in [2.75, 3.05) is 17.6 Å². The van der Waals surface area contributed by atoms with Gasteiger partial charge in [-0.1, -0.05) is 30.3 Å². The number of nitrogens with one attached hydrogen (secondary N) is 1. The monoisotopic (exact) mass is 261 g/mol. The van der Waals surface area contributed by atoms with Crippen LogP contribution in [0.1, 0.15) is 5.56 Å². The van der Waals surface area contributed by atoms with Crippen LogP contribution in [0.4, 0.5) is 10.1 Å². The Labute approximate surface area is 111 Å². The summed E-state index contributed by atoms with van der Waals surface area (Å²) in [6, 6.07) is 15.1. The second kappa shape index (κ2) is 6.45. The first-order valence-corrected chi connectivity index (χ1v) is 6.93. The molecule has 3 heteroatoms. The minimum Gasteiger partial charge on any atom is -0.384 e. The van der Waals surface area contributed by atoms with Crippen molar-refractivity contribution in [1.29, 1.82) is 0 Å². The summed E-state index contributed by atoms with van der Waals surface area (Å²) >= 11 is 1.53. The molecule has 2 aromatic rings. The van der Waals surface area contributed by atoms with Gasteiger partial charge in [0.2, 0.25) is 0 Å². The van der Waals surface area contributed by atoms with Gasteiger partial charge in [-0.15, -0.1) is 11.8 Å². The summed E-state index contributed by atoms with van der Waals surface area (Å²) in [5.74, 6) is 0.702. The predicted octanol–water partition coefficient (Wildman–Crippen LogP) is 4.34. The van der Waals surface area contributed by atoms with Crippen LogP contribution >= 0.6 is 11.8 Å². The number of rotatable bonds is 5. The Hall–Kier alpha value is -1.48. The third-order valence-electron chi connectivity index (χ3n) is 2.66. The smallest absolute Gasteiger partial charge is 0.136 e. The van der Waals surface area contributed by atoms with E-state index in [9.17, 15) is 4.39 Å². The van der Waals surface area contributed by atoms with Crippen LogP contribution in [-0.4, -0.2) is 12.3 Å². The lowest BCUT2D eigenvalue weighted by atomic mass is 10.2. The van der Waals surface area contributed by atoms with Gasteiger partial charge in [-0.3, -0.25) is 0 Å². The molecule has 0 saturated carbocycles. The lowest BCUT2D eigenvalue weighted by molar-refractivity contribution is 0.602.